The van der Waals surface area contributed by atoms with Crippen LogP contribution in [0, 0.1) is 22.0 Å². The number of carbonyl (C=O) groups excluding carboxylic acids is 1. The molecule has 9 heteroatoms. The van der Waals surface area contributed by atoms with E-state index in [4.69, 9.17) is 4.74 Å². The molecule has 0 aliphatic carbocycles. The Morgan fingerprint density at radius 3 is 2.34 bits per heavy atom. The van der Waals surface area contributed by atoms with Crippen molar-refractivity contribution in [2.24, 2.45) is 0 Å². The second kappa shape index (κ2) is 7.67. The zero-order chi connectivity index (χ0) is 21.2. The molecule has 0 saturated carbocycles. The van der Waals surface area contributed by atoms with E-state index in [9.17, 15) is 28.1 Å². The fourth-order valence-electron chi connectivity index (χ4n) is 2.60. The third-order valence-corrected chi connectivity index (χ3v) is 3.99. The normalized spacial score (nSPS) is 15.2. The summed E-state index contributed by atoms with van der Waals surface area (Å²) in [6.07, 6.45) is -6.70. The molecule has 0 N–H and O–H groups in total. The number of hydrogen-bond acceptors (Lipinski definition) is 5. The van der Waals surface area contributed by atoms with E-state index >= 15 is 0 Å². The number of nitro groups is 1. The molecule has 1 unspecified atom stereocenters. The summed E-state index contributed by atoms with van der Waals surface area (Å²) in [5.74, 6) is 5.06. The quantitative estimate of drug-likeness (QED) is 0.330. The van der Waals surface area contributed by atoms with E-state index < -0.39 is 28.9 Å². The van der Waals surface area contributed by atoms with Crippen LogP contribution in [0.5, 0.6) is 5.75 Å². The maximum absolute atomic E-state index is 13.0. The van der Waals surface area contributed by atoms with Crippen LogP contribution in [-0.4, -0.2) is 30.3 Å². The molecule has 1 atom stereocenters. The van der Waals surface area contributed by atoms with E-state index in [1.54, 1.807) is 24.3 Å². The van der Waals surface area contributed by atoms with Gasteiger partial charge in [0, 0.05) is 22.8 Å². The maximum atomic E-state index is 13.0. The summed E-state index contributed by atoms with van der Waals surface area (Å²) < 4.78 is 48.4. The predicted octanol–water partition coefficient (Wildman–Crippen LogP) is 3.81. The molecule has 0 saturated heterocycles. The predicted molar refractivity (Wildman–Crippen MR) is 95.6 cm³/mol. The maximum Gasteiger partial charge on any atom is 0.436 e. The lowest BCUT2D eigenvalue weighted by molar-refractivity contribution is -0.443. The van der Waals surface area contributed by atoms with Crippen molar-refractivity contribution in [3.63, 3.8) is 0 Å². The van der Waals surface area contributed by atoms with Crippen molar-refractivity contribution in [3.05, 3.63) is 80.5 Å². The molecule has 6 nitrogen and oxygen atoms in total. The number of carbonyl (C=O) groups is 1. The Morgan fingerprint density at radius 1 is 1.14 bits per heavy atom. The number of ether oxygens (including phenoxy) is 2. The monoisotopic (exact) mass is 403 g/mol. The van der Waals surface area contributed by atoms with Gasteiger partial charge in [-0.15, -0.1) is 0 Å². The van der Waals surface area contributed by atoms with E-state index in [-0.39, 0.29) is 11.3 Å². The number of alkyl halides is 3. The van der Waals surface area contributed by atoms with Crippen molar-refractivity contribution in [3.8, 4) is 17.6 Å². The summed E-state index contributed by atoms with van der Waals surface area (Å²) in [7, 11) is 1.27. The first-order valence-corrected chi connectivity index (χ1v) is 8.13. The molecular formula is C20H12F3NO5. The molecule has 3 rings (SSSR count). The molecule has 1 heterocycles. The van der Waals surface area contributed by atoms with E-state index in [0.717, 1.165) is 6.08 Å². The average Bonchev–Trinajstić information content (AvgIpc) is 2.70. The van der Waals surface area contributed by atoms with E-state index in [1.165, 1.54) is 25.3 Å². The lowest BCUT2D eigenvalue weighted by Gasteiger charge is -2.24. The van der Waals surface area contributed by atoms with E-state index in [0.29, 0.717) is 16.7 Å². The molecule has 1 aliphatic rings. The van der Waals surface area contributed by atoms with Crippen molar-refractivity contribution < 1.29 is 32.4 Å². The van der Waals surface area contributed by atoms with Crippen LogP contribution < -0.4 is 4.74 Å². The van der Waals surface area contributed by atoms with Gasteiger partial charge in [0.15, 0.2) is 0 Å². The summed E-state index contributed by atoms with van der Waals surface area (Å²) in [5.41, 5.74) is 0.415. The lowest BCUT2D eigenvalue weighted by atomic mass is 10.0. The molecule has 1 aliphatic heterocycles. The molecule has 0 fully saturated rings. The Morgan fingerprint density at radius 2 is 1.76 bits per heavy atom. The number of methoxy groups -OCH3 is 1. The van der Waals surface area contributed by atoms with Crippen molar-refractivity contribution in [2.75, 3.05) is 7.11 Å². The molecular weight excluding hydrogens is 391 g/mol. The van der Waals surface area contributed by atoms with E-state index in [1.807, 2.05) is 0 Å². The van der Waals surface area contributed by atoms with Gasteiger partial charge in [0.05, 0.1) is 17.6 Å². The van der Waals surface area contributed by atoms with Crippen LogP contribution in [0.2, 0.25) is 0 Å². The van der Waals surface area contributed by atoms with Crippen LogP contribution in [0.3, 0.4) is 0 Å². The number of hydrogen-bond donors (Lipinski definition) is 0. The first kappa shape index (κ1) is 19.9. The highest BCUT2D eigenvalue weighted by molar-refractivity contribution is 5.89. The van der Waals surface area contributed by atoms with Crippen molar-refractivity contribution in [1.29, 1.82) is 0 Å². The summed E-state index contributed by atoms with van der Waals surface area (Å²) in [4.78, 5) is 21.3. The topological polar surface area (TPSA) is 78.7 Å². The number of fused-ring (bicyclic) bond motifs is 1. The van der Waals surface area contributed by atoms with Gasteiger partial charge in [0.1, 0.15) is 5.75 Å². The highest BCUT2D eigenvalue weighted by Gasteiger charge is 2.51. The minimum atomic E-state index is -4.91. The molecule has 0 aromatic heterocycles. The van der Waals surface area contributed by atoms with Gasteiger partial charge < -0.3 is 9.47 Å². The first-order valence-electron chi connectivity index (χ1n) is 8.13. The Balaban J connectivity index is 1.89. The number of benzene rings is 2. The highest BCUT2D eigenvalue weighted by atomic mass is 19.4. The standard InChI is InChI=1S/C20H12F3NO5/c1-28-19(25)14-7-4-12(5-8-14)2-3-13-6-9-17-15(10-13)11-16(24(26)27)18(29-17)20(21,22)23/h4-11,18H,1H3. The SMILES string of the molecule is COC(=O)c1ccc(C#Cc2ccc3c(c2)C=C([N+](=O)[O-])C(C(F)(F)F)O3)cc1. The number of nitrogens with zero attached hydrogens (tertiary/aromatic N) is 1. The molecule has 2 aromatic rings. The Hall–Kier alpha value is -3.80. The Bertz CT molecular complexity index is 1060. The van der Waals surface area contributed by atoms with Gasteiger partial charge in [-0.1, -0.05) is 11.8 Å². The van der Waals surface area contributed by atoms with Crippen molar-refractivity contribution in [1.82, 2.24) is 0 Å². The second-order valence-electron chi connectivity index (χ2n) is 5.94. The van der Waals surface area contributed by atoms with Gasteiger partial charge in [-0.25, -0.2) is 4.79 Å². The van der Waals surface area contributed by atoms with Crippen LogP contribution in [0.25, 0.3) is 6.08 Å². The van der Waals surface area contributed by atoms with Gasteiger partial charge in [-0.3, -0.25) is 10.1 Å². The zero-order valence-electron chi connectivity index (χ0n) is 14.8. The molecule has 0 amide bonds. The third kappa shape index (κ3) is 4.38. The summed E-state index contributed by atoms with van der Waals surface area (Å²) in [5, 5.41) is 11.0. The number of halogens is 3. The summed E-state index contributed by atoms with van der Waals surface area (Å²) >= 11 is 0. The Labute approximate surface area is 162 Å². The largest absolute Gasteiger partial charge is 0.469 e. The molecule has 0 spiro atoms. The molecule has 29 heavy (non-hydrogen) atoms. The minimum absolute atomic E-state index is 0.120. The van der Waals surface area contributed by atoms with Gasteiger partial charge in [-0.05, 0) is 42.5 Å². The van der Waals surface area contributed by atoms with Crippen LogP contribution in [0.1, 0.15) is 27.0 Å². The Kier molecular flexibility index (Phi) is 5.28. The highest BCUT2D eigenvalue weighted by Crippen LogP contribution is 2.37. The lowest BCUT2D eigenvalue weighted by Crippen LogP contribution is -2.40. The van der Waals surface area contributed by atoms with Crippen LogP contribution in [0.4, 0.5) is 13.2 Å². The van der Waals surface area contributed by atoms with Crippen LogP contribution >= 0.6 is 0 Å². The van der Waals surface area contributed by atoms with Gasteiger partial charge in [0.2, 0.25) is 0 Å². The van der Waals surface area contributed by atoms with Gasteiger partial charge in [0.25, 0.3) is 11.8 Å². The summed E-state index contributed by atoms with van der Waals surface area (Å²) in [6, 6.07) is 10.4. The average molecular weight is 403 g/mol. The molecule has 148 valence electrons. The van der Waals surface area contributed by atoms with Gasteiger partial charge in [-0.2, -0.15) is 13.2 Å². The van der Waals surface area contributed by atoms with Crippen molar-refractivity contribution >= 4 is 12.0 Å². The van der Waals surface area contributed by atoms with Crippen LogP contribution in [-0.2, 0) is 4.74 Å². The fraction of sp³-hybridized carbons (Fsp3) is 0.150. The molecule has 0 radical (unpaired) electrons. The van der Waals surface area contributed by atoms with Crippen molar-refractivity contribution in [2.45, 2.75) is 12.3 Å². The summed E-state index contributed by atoms with van der Waals surface area (Å²) in [6.45, 7) is 0. The van der Waals surface area contributed by atoms with Gasteiger partial charge >= 0.3 is 12.1 Å². The molecule has 2 aromatic carbocycles. The van der Waals surface area contributed by atoms with E-state index in [2.05, 4.69) is 16.6 Å². The fourth-order valence-corrected chi connectivity index (χ4v) is 2.60. The zero-order valence-corrected chi connectivity index (χ0v) is 14.8. The second-order valence-corrected chi connectivity index (χ2v) is 5.94. The number of rotatable bonds is 2. The van der Waals surface area contributed by atoms with Crippen LogP contribution in [0.15, 0.2) is 48.2 Å². The first-order chi connectivity index (χ1) is 13.7. The smallest absolute Gasteiger partial charge is 0.436 e. The third-order valence-electron chi connectivity index (χ3n) is 3.99. The minimum Gasteiger partial charge on any atom is -0.469 e. The number of esters is 1. The molecule has 0 bridgehead atoms.